The van der Waals surface area contributed by atoms with E-state index in [0.717, 1.165) is 28.2 Å². The minimum absolute atomic E-state index is 0.204. The van der Waals surface area contributed by atoms with Gasteiger partial charge in [-0.2, -0.15) is 0 Å². The Hall–Kier alpha value is -4.10. The smallest absolute Gasteiger partial charge is 0.248 e. The predicted octanol–water partition coefficient (Wildman–Crippen LogP) is 5.40. The van der Waals surface area contributed by atoms with Crippen LogP contribution in [-0.4, -0.2) is 25.6 Å². The van der Waals surface area contributed by atoms with E-state index in [0.29, 0.717) is 11.3 Å². The first-order valence-electron chi connectivity index (χ1n) is 10.4. The zero-order valence-electron chi connectivity index (χ0n) is 18.3. The molecule has 0 aliphatic carbocycles. The van der Waals surface area contributed by atoms with E-state index in [-0.39, 0.29) is 16.6 Å². The Kier molecular flexibility index (Phi) is 6.65. The van der Waals surface area contributed by atoms with E-state index in [2.05, 4.69) is 10.3 Å². The van der Waals surface area contributed by atoms with E-state index in [1.807, 2.05) is 24.3 Å². The van der Waals surface area contributed by atoms with Gasteiger partial charge in [0.05, 0.1) is 4.90 Å². The molecule has 0 bridgehead atoms. The lowest BCUT2D eigenvalue weighted by Gasteiger charge is -2.09. The number of hydrogen-bond donors (Lipinski definition) is 1. The van der Waals surface area contributed by atoms with E-state index < -0.39 is 9.84 Å². The van der Waals surface area contributed by atoms with Crippen molar-refractivity contribution in [1.82, 2.24) is 4.98 Å². The fraction of sp³-hybridized carbons (Fsp3) is 0.0370. The second-order valence-electron chi connectivity index (χ2n) is 7.63. The molecule has 0 atom stereocenters. The van der Waals surface area contributed by atoms with Gasteiger partial charge < -0.3 is 5.32 Å². The normalized spacial score (nSPS) is 12.2. The number of sulfone groups is 1. The minimum Gasteiger partial charge on any atom is -0.322 e. The first-order valence-corrected chi connectivity index (χ1v) is 12.3. The molecule has 0 fully saturated rings. The molecule has 0 aliphatic rings. The van der Waals surface area contributed by atoms with Crippen LogP contribution in [0.2, 0.25) is 0 Å². The van der Waals surface area contributed by atoms with Crippen molar-refractivity contribution >= 4 is 37.8 Å². The van der Waals surface area contributed by atoms with Crippen molar-refractivity contribution in [3.63, 3.8) is 0 Å². The quantitative estimate of drug-likeness (QED) is 0.301. The third kappa shape index (κ3) is 5.44. The number of fused-ring (bicyclic) bond motifs is 1. The molecule has 1 aromatic heterocycles. The number of pyridine rings is 1. The third-order valence-electron chi connectivity index (χ3n) is 5.20. The maximum atomic E-state index is 13.5. The first-order chi connectivity index (χ1) is 16.3. The summed E-state index contributed by atoms with van der Waals surface area (Å²) < 4.78 is 37.0. The molecule has 1 heterocycles. The largest absolute Gasteiger partial charge is 0.322 e. The molecule has 0 spiro atoms. The molecule has 0 radical (unpaired) electrons. The highest BCUT2D eigenvalue weighted by Crippen LogP contribution is 2.26. The van der Waals surface area contributed by atoms with Crippen LogP contribution in [0.25, 0.3) is 16.3 Å². The number of aromatic nitrogens is 1. The number of benzene rings is 3. The van der Waals surface area contributed by atoms with Crippen molar-refractivity contribution in [3.05, 3.63) is 120 Å². The van der Waals surface area contributed by atoms with Gasteiger partial charge in [0.25, 0.3) is 0 Å². The lowest BCUT2D eigenvalue weighted by atomic mass is 9.97. The lowest BCUT2D eigenvalue weighted by Crippen LogP contribution is -2.08. The second kappa shape index (κ2) is 9.80. The molecular formula is C27H21FN2O3S. The Morgan fingerprint density at radius 2 is 1.62 bits per heavy atom. The fourth-order valence-corrected chi connectivity index (χ4v) is 4.14. The number of allylic oxidation sites excluding steroid dienone is 2. The Balaban J connectivity index is 1.62. The van der Waals surface area contributed by atoms with Crippen LogP contribution in [0.3, 0.4) is 0 Å². The van der Waals surface area contributed by atoms with E-state index >= 15 is 0 Å². The van der Waals surface area contributed by atoms with Gasteiger partial charge in [-0.15, -0.1) is 0 Å². The summed E-state index contributed by atoms with van der Waals surface area (Å²) in [4.78, 5) is 16.8. The summed E-state index contributed by atoms with van der Waals surface area (Å²) in [5.41, 5.74) is 2.83. The van der Waals surface area contributed by atoms with Gasteiger partial charge in [-0.05, 0) is 53.1 Å². The monoisotopic (exact) mass is 472 g/mol. The fourth-order valence-electron chi connectivity index (χ4n) is 3.51. The topological polar surface area (TPSA) is 76.1 Å². The third-order valence-corrected chi connectivity index (χ3v) is 6.33. The first kappa shape index (κ1) is 23.1. The SMILES string of the molecule is CS(=O)(=O)c1ccc(/C(=C/C=C/C(=O)Nc2cccc3cnccc23)c2ccc(F)cc2)cc1. The van der Waals surface area contributed by atoms with Crippen molar-refractivity contribution in [2.75, 3.05) is 11.6 Å². The number of nitrogens with one attached hydrogen (secondary N) is 1. The van der Waals surface area contributed by atoms with Crippen LogP contribution in [0.15, 0.2) is 108 Å². The summed E-state index contributed by atoms with van der Waals surface area (Å²) >= 11 is 0. The summed E-state index contributed by atoms with van der Waals surface area (Å²) in [5.74, 6) is -0.679. The number of hydrogen-bond acceptors (Lipinski definition) is 4. The van der Waals surface area contributed by atoms with Gasteiger partial charge >= 0.3 is 0 Å². The van der Waals surface area contributed by atoms with Gasteiger partial charge in [-0.25, -0.2) is 12.8 Å². The van der Waals surface area contributed by atoms with Crippen LogP contribution >= 0.6 is 0 Å². The van der Waals surface area contributed by atoms with Gasteiger partial charge in [-0.3, -0.25) is 9.78 Å². The maximum absolute atomic E-state index is 13.5. The van der Waals surface area contributed by atoms with Crippen LogP contribution in [-0.2, 0) is 14.6 Å². The van der Waals surface area contributed by atoms with Crippen LogP contribution in [0, 0.1) is 5.82 Å². The molecule has 0 saturated carbocycles. The van der Waals surface area contributed by atoms with E-state index in [4.69, 9.17) is 0 Å². The summed E-state index contributed by atoms with van der Waals surface area (Å²) in [5, 5.41) is 4.67. The highest BCUT2D eigenvalue weighted by atomic mass is 32.2. The molecular weight excluding hydrogens is 451 g/mol. The number of carbonyl (C=O) groups is 1. The molecule has 1 amide bonds. The van der Waals surface area contributed by atoms with Crippen LogP contribution in [0.1, 0.15) is 11.1 Å². The van der Waals surface area contributed by atoms with E-state index in [1.54, 1.807) is 48.8 Å². The molecule has 0 saturated heterocycles. The average Bonchev–Trinajstić information content (AvgIpc) is 2.82. The van der Waals surface area contributed by atoms with Crippen molar-refractivity contribution in [2.45, 2.75) is 4.90 Å². The number of anilines is 1. The van der Waals surface area contributed by atoms with Gasteiger partial charge in [0.1, 0.15) is 5.82 Å². The van der Waals surface area contributed by atoms with Crippen molar-refractivity contribution < 1.29 is 17.6 Å². The Morgan fingerprint density at radius 1 is 0.941 bits per heavy atom. The molecule has 5 nitrogen and oxygen atoms in total. The van der Waals surface area contributed by atoms with Crippen LogP contribution < -0.4 is 5.32 Å². The molecule has 0 unspecified atom stereocenters. The molecule has 7 heteroatoms. The summed E-state index contributed by atoms with van der Waals surface area (Å²) in [6, 6.07) is 19.8. The van der Waals surface area contributed by atoms with Gasteiger partial charge in [0, 0.05) is 41.2 Å². The molecule has 34 heavy (non-hydrogen) atoms. The van der Waals surface area contributed by atoms with Crippen molar-refractivity contribution in [3.8, 4) is 0 Å². The Bertz CT molecular complexity index is 1500. The van der Waals surface area contributed by atoms with Crippen molar-refractivity contribution in [2.24, 2.45) is 0 Å². The zero-order valence-corrected chi connectivity index (χ0v) is 19.1. The molecule has 3 aromatic carbocycles. The summed E-state index contributed by atoms with van der Waals surface area (Å²) in [6.07, 6.45) is 9.27. The number of amides is 1. The Morgan fingerprint density at radius 3 is 2.29 bits per heavy atom. The van der Waals surface area contributed by atoms with Crippen molar-refractivity contribution in [1.29, 1.82) is 0 Å². The standard InChI is InChI=1S/C27H21FN2O3S/c1-34(32,33)23-14-10-20(11-15-23)24(19-8-12-22(28)13-9-19)5-3-7-27(31)30-26-6-2-4-21-18-29-17-16-25(21)26/h2-18H,1H3,(H,30,31)/b7-3+,24-5+. The molecule has 1 N–H and O–H groups in total. The van der Waals surface area contributed by atoms with Gasteiger partial charge in [-0.1, -0.05) is 48.6 Å². The molecule has 0 aliphatic heterocycles. The number of halogens is 1. The predicted molar refractivity (Wildman–Crippen MR) is 133 cm³/mol. The average molecular weight is 473 g/mol. The van der Waals surface area contributed by atoms with Crippen LogP contribution in [0.5, 0.6) is 0 Å². The Labute approximate surface area is 197 Å². The maximum Gasteiger partial charge on any atom is 0.248 e. The highest BCUT2D eigenvalue weighted by Gasteiger charge is 2.10. The molecule has 4 aromatic rings. The molecule has 170 valence electrons. The van der Waals surface area contributed by atoms with E-state index in [1.165, 1.54) is 30.3 Å². The second-order valence-corrected chi connectivity index (χ2v) is 9.65. The van der Waals surface area contributed by atoms with Crippen LogP contribution in [0.4, 0.5) is 10.1 Å². The number of carbonyl (C=O) groups excluding carboxylic acids is 1. The summed E-state index contributed by atoms with van der Waals surface area (Å²) in [7, 11) is -3.33. The highest BCUT2D eigenvalue weighted by molar-refractivity contribution is 7.90. The molecule has 4 rings (SSSR count). The zero-order chi connectivity index (χ0) is 24.1. The lowest BCUT2D eigenvalue weighted by molar-refractivity contribution is -0.111. The number of nitrogens with zero attached hydrogens (tertiary/aromatic N) is 1. The number of rotatable bonds is 6. The van der Waals surface area contributed by atoms with E-state index in [9.17, 15) is 17.6 Å². The minimum atomic E-state index is -3.33. The summed E-state index contributed by atoms with van der Waals surface area (Å²) in [6.45, 7) is 0. The van der Waals surface area contributed by atoms with Gasteiger partial charge in [0.2, 0.25) is 5.91 Å². The van der Waals surface area contributed by atoms with Gasteiger partial charge in [0.15, 0.2) is 9.84 Å².